The predicted octanol–water partition coefficient (Wildman–Crippen LogP) is 2.33. The molecule has 1 unspecified atom stereocenters. The van der Waals surface area contributed by atoms with Crippen molar-refractivity contribution in [2.24, 2.45) is 5.92 Å². The third-order valence-corrected chi connectivity index (χ3v) is 5.33. The number of carbonyl (C=O) groups is 3. The van der Waals surface area contributed by atoms with Crippen LogP contribution >= 0.6 is 0 Å². The zero-order valence-corrected chi connectivity index (χ0v) is 19.7. The lowest BCUT2D eigenvalue weighted by Crippen LogP contribution is -2.54. The number of hydrazine groups is 1. The number of rotatable bonds is 7. The fourth-order valence-corrected chi connectivity index (χ4v) is 3.57. The van der Waals surface area contributed by atoms with Crippen molar-refractivity contribution in [2.75, 3.05) is 0 Å². The Bertz CT molecular complexity index is 1280. The standard InChI is InChI=1S/C25H29N5O4/c1-5-13-30-25(34)19-12-7-6-11-18(19)21(29-30)24(33)28-27-23(32)20(15(2)3)26-22(31)17-10-8-9-16(4)14-17/h6-12,14-15,20H,5,13H2,1-4H3,(H,26,31)(H,27,32)(H,28,33). The maximum atomic E-state index is 12.9. The molecule has 0 saturated heterocycles. The topological polar surface area (TPSA) is 122 Å². The molecule has 0 bridgehead atoms. The zero-order chi connectivity index (χ0) is 24.8. The molecule has 1 atom stereocenters. The molecule has 0 spiro atoms. The molecular weight excluding hydrogens is 434 g/mol. The van der Waals surface area contributed by atoms with Crippen LogP contribution in [0.4, 0.5) is 0 Å². The normalized spacial score (nSPS) is 11.8. The lowest BCUT2D eigenvalue weighted by Gasteiger charge is -2.22. The van der Waals surface area contributed by atoms with Crippen molar-refractivity contribution in [3.8, 4) is 0 Å². The molecule has 1 heterocycles. The number of nitrogens with zero attached hydrogens (tertiary/aromatic N) is 2. The summed E-state index contributed by atoms with van der Waals surface area (Å²) >= 11 is 0. The Labute approximate surface area is 197 Å². The van der Waals surface area contributed by atoms with Crippen LogP contribution in [0.25, 0.3) is 10.8 Å². The molecule has 34 heavy (non-hydrogen) atoms. The van der Waals surface area contributed by atoms with Gasteiger partial charge in [0.05, 0.1) is 5.39 Å². The van der Waals surface area contributed by atoms with Gasteiger partial charge in [-0.1, -0.05) is 56.7 Å². The highest BCUT2D eigenvalue weighted by atomic mass is 16.2. The third kappa shape index (κ3) is 5.48. The summed E-state index contributed by atoms with van der Waals surface area (Å²) in [5.41, 5.74) is 5.86. The number of fused-ring (bicyclic) bond motifs is 1. The van der Waals surface area contributed by atoms with Gasteiger partial charge in [-0.3, -0.25) is 30.0 Å². The molecule has 0 aliphatic heterocycles. The maximum Gasteiger partial charge on any atom is 0.290 e. The van der Waals surface area contributed by atoms with Gasteiger partial charge in [0.15, 0.2) is 5.69 Å². The molecule has 0 saturated carbocycles. The van der Waals surface area contributed by atoms with Crippen LogP contribution in [0.15, 0.2) is 53.3 Å². The summed E-state index contributed by atoms with van der Waals surface area (Å²) in [5.74, 6) is -1.86. The van der Waals surface area contributed by atoms with E-state index in [0.717, 1.165) is 5.56 Å². The third-order valence-electron chi connectivity index (χ3n) is 5.33. The van der Waals surface area contributed by atoms with E-state index >= 15 is 0 Å². The van der Waals surface area contributed by atoms with Crippen molar-refractivity contribution in [3.63, 3.8) is 0 Å². The SMILES string of the molecule is CCCn1nc(C(=O)NNC(=O)C(NC(=O)c2cccc(C)c2)C(C)C)c2ccccc2c1=O. The number of aromatic nitrogens is 2. The van der Waals surface area contributed by atoms with Crippen LogP contribution in [0.3, 0.4) is 0 Å². The summed E-state index contributed by atoms with van der Waals surface area (Å²) in [5, 5.41) is 7.70. The van der Waals surface area contributed by atoms with Gasteiger partial charge in [0.25, 0.3) is 23.3 Å². The van der Waals surface area contributed by atoms with E-state index in [1.54, 1.807) is 56.3 Å². The summed E-state index contributed by atoms with van der Waals surface area (Å²) in [6.07, 6.45) is 0.666. The number of nitrogens with one attached hydrogen (secondary N) is 3. The average molecular weight is 464 g/mol. The Morgan fingerprint density at radius 3 is 2.32 bits per heavy atom. The van der Waals surface area contributed by atoms with Crippen molar-refractivity contribution in [1.29, 1.82) is 0 Å². The average Bonchev–Trinajstić information content (AvgIpc) is 2.82. The first-order valence-corrected chi connectivity index (χ1v) is 11.2. The maximum absolute atomic E-state index is 12.9. The fourth-order valence-electron chi connectivity index (χ4n) is 3.57. The van der Waals surface area contributed by atoms with Gasteiger partial charge in [-0.25, -0.2) is 4.68 Å². The van der Waals surface area contributed by atoms with E-state index in [1.807, 2.05) is 19.9 Å². The largest absolute Gasteiger partial charge is 0.340 e. The van der Waals surface area contributed by atoms with Crippen molar-refractivity contribution in [1.82, 2.24) is 25.9 Å². The van der Waals surface area contributed by atoms with E-state index in [1.165, 1.54) is 4.68 Å². The number of aryl methyl sites for hydroxylation is 2. The minimum atomic E-state index is -0.882. The van der Waals surface area contributed by atoms with Crippen LogP contribution in [0, 0.1) is 12.8 Å². The van der Waals surface area contributed by atoms with Crippen LogP contribution in [0.2, 0.25) is 0 Å². The van der Waals surface area contributed by atoms with E-state index in [2.05, 4.69) is 21.3 Å². The first-order chi connectivity index (χ1) is 16.2. The Morgan fingerprint density at radius 2 is 1.68 bits per heavy atom. The Kier molecular flexibility index (Phi) is 7.78. The van der Waals surface area contributed by atoms with Gasteiger partial charge in [0.2, 0.25) is 0 Å². The summed E-state index contributed by atoms with van der Waals surface area (Å²) in [6, 6.07) is 12.9. The summed E-state index contributed by atoms with van der Waals surface area (Å²) in [7, 11) is 0. The minimum absolute atomic E-state index is 0.0221. The van der Waals surface area contributed by atoms with Gasteiger partial charge >= 0.3 is 0 Å². The monoisotopic (exact) mass is 463 g/mol. The Hall–Kier alpha value is -4.01. The number of carbonyl (C=O) groups excluding carboxylic acids is 3. The van der Waals surface area contributed by atoms with Gasteiger partial charge in [-0.2, -0.15) is 5.10 Å². The first kappa shape index (κ1) is 24.6. The molecule has 1 aromatic heterocycles. The number of benzene rings is 2. The molecule has 178 valence electrons. The van der Waals surface area contributed by atoms with Crippen LogP contribution in [0.5, 0.6) is 0 Å². The molecule has 0 aliphatic rings. The lowest BCUT2D eigenvalue weighted by atomic mass is 10.0. The molecule has 3 amide bonds. The van der Waals surface area contributed by atoms with E-state index in [4.69, 9.17) is 0 Å². The Balaban J connectivity index is 1.77. The van der Waals surface area contributed by atoms with Crippen molar-refractivity contribution >= 4 is 28.5 Å². The van der Waals surface area contributed by atoms with E-state index < -0.39 is 17.9 Å². The highest BCUT2D eigenvalue weighted by Gasteiger charge is 2.26. The highest BCUT2D eigenvalue weighted by Crippen LogP contribution is 2.13. The van der Waals surface area contributed by atoms with Crippen LogP contribution < -0.4 is 21.7 Å². The summed E-state index contributed by atoms with van der Waals surface area (Å²) in [4.78, 5) is 51.0. The van der Waals surface area contributed by atoms with Gasteiger partial charge in [0, 0.05) is 17.5 Å². The van der Waals surface area contributed by atoms with E-state index in [-0.39, 0.29) is 23.1 Å². The molecule has 2 aromatic carbocycles. The molecule has 0 fully saturated rings. The van der Waals surface area contributed by atoms with Gasteiger partial charge in [-0.15, -0.1) is 0 Å². The molecule has 9 nitrogen and oxygen atoms in total. The van der Waals surface area contributed by atoms with Crippen molar-refractivity contribution in [2.45, 2.75) is 46.7 Å². The van der Waals surface area contributed by atoms with Crippen LogP contribution in [-0.2, 0) is 11.3 Å². The van der Waals surface area contributed by atoms with Gasteiger partial charge in [-0.05, 0) is 37.5 Å². The number of hydrogen-bond acceptors (Lipinski definition) is 5. The fraction of sp³-hybridized carbons (Fsp3) is 0.320. The van der Waals surface area contributed by atoms with Crippen LogP contribution in [-0.4, -0.2) is 33.5 Å². The molecule has 3 N–H and O–H groups in total. The summed E-state index contributed by atoms with van der Waals surface area (Å²) in [6.45, 7) is 7.72. The molecule has 0 aliphatic carbocycles. The zero-order valence-electron chi connectivity index (χ0n) is 19.7. The second-order valence-corrected chi connectivity index (χ2v) is 8.43. The molecule has 3 aromatic rings. The van der Waals surface area contributed by atoms with Crippen LogP contribution in [0.1, 0.15) is 53.6 Å². The van der Waals surface area contributed by atoms with E-state index in [9.17, 15) is 19.2 Å². The summed E-state index contributed by atoms with van der Waals surface area (Å²) < 4.78 is 1.25. The van der Waals surface area contributed by atoms with E-state index in [0.29, 0.717) is 29.3 Å². The van der Waals surface area contributed by atoms with Crippen molar-refractivity contribution in [3.05, 3.63) is 75.7 Å². The first-order valence-electron chi connectivity index (χ1n) is 11.2. The van der Waals surface area contributed by atoms with Gasteiger partial charge < -0.3 is 5.32 Å². The minimum Gasteiger partial charge on any atom is -0.340 e. The lowest BCUT2D eigenvalue weighted by molar-refractivity contribution is -0.124. The number of hydrogen-bond donors (Lipinski definition) is 3. The highest BCUT2D eigenvalue weighted by molar-refractivity contribution is 6.05. The molecule has 3 rings (SSSR count). The molecule has 9 heteroatoms. The quantitative estimate of drug-likeness (QED) is 0.464. The van der Waals surface area contributed by atoms with Gasteiger partial charge in [0.1, 0.15) is 6.04 Å². The Morgan fingerprint density at radius 1 is 0.971 bits per heavy atom. The second kappa shape index (κ2) is 10.7. The molecule has 0 radical (unpaired) electrons. The molecular formula is C25H29N5O4. The van der Waals surface area contributed by atoms with Crippen molar-refractivity contribution < 1.29 is 14.4 Å². The number of amides is 3. The second-order valence-electron chi connectivity index (χ2n) is 8.43. The smallest absolute Gasteiger partial charge is 0.290 e. The predicted molar refractivity (Wildman–Crippen MR) is 129 cm³/mol.